The van der Waals surface area contributed by atoms with Crippen LogP contribution in [0, 0.1) is 0 Å². The summed E-state index contributed by atoms with van der Waals surface area (Å²) in [6, 6.07) is 41.0. The van der Waals surface area contributed by atoms with Crippen molar-refractivity contribution in [3.05, 3.63) is 151 Å². The lowest BCUT2D eigenvalue weighted by Gasteiger charge is -2.11. The highest BCUT2D eigenvalue weighted by Gasteiger charge is 2.16. The Morgan fingerprint density at radius 1 is 0.419 bits per heavy atom. The number of nitrogens with one attached hydrogen (secondary N) is 5. The van der Waals surface area contributed by atoms with E-state index < -0.39 is 36.0 Å². The summed E-state index contributed by atoms with van der Waals surface area (Å²) in [5.74, 6) is -0.789. The van der Waals surface area contributed by atoms with E-state index in [2.05, 4.69) is 24.8 Å². The average molecular weight is 1070 g/mol. The minimum Gasteiger partial charge on any atom is -0.396 e. The van der Waals surface area contributed by atoms with E-state index in [4.69, 9.17) is 21.1 Å². The lowest BCUT2D eigenvalue weighted by Crippen LogP contribution is -2.24. The number of hydrogen-bond donors (Lipinski definition) is 9. The van der Waals surface area contributed by atoms with Gasteiger partial charge in [0.15, 0.2) is 0 Å². The molecule has 6 rings (SSSR count). The van der Waals surface area contributed by atoms with Gasteiger partial charge in [-0.2, -0.15) is 0 Å². The summed E-state index contributed by atoms with van der Waals surface area (Å²) in [6.07, 6.45) is 3.44. The van der Waals surface area contributed by atoms with Crippen LogP contribution in [0.1, 0.15) is 62.7 Å². The van der Waals surface area contributed by atoms with Crippen molar-refractivity contribution in [3.63, 3.8) is 0 Å². The Bertz CT molecular complexity index is 3070. The lowest BCUT2D eigenvalue weighted by molar-refractivity contribution is -0.115. The van der Waals surface area contributed by atoms with Crippen molar-refractivity contribution >= 4 is 59.2 Å². The molecule has 0 fully saturated rings. The van der Waals surface area contributed by atoms with Gasteiger partial charge in [-0.1, -0.05) is 78.9 Å². The molecule has 0 radical (unpaired) electrons. The van der Waals surface area contributed by atoms with Crippen LogP contribution in [0.4, 0.5) is 11.4 Å². The maximum atomic E-state index is 12.2. The van der Waals surface area contributed by atoms with Gasteiger partial charge in [0.05, 0.1) is 14.7 Å². The van der Waals surface area contributed by atoms with Gasteiger partial charge in [0.25, 0.3) is 0 Å². The number of rotatable bonds is 24. The van der Waals surface area contributed by atoms with Gasteiger partial charge in [-0.05, 0) is 133 Å². The molecule has 0 saturated heterocycles. The van der Waals surface area contributed by atoms with Crippen molar-refractivity contribution in [1.29, 1.82) is 0 Å². The zero-order chi connectivity index (χ0) is 54.2. The Morgan fingerprint density at radius 2 is 0.743 bits per heavy atom. The zero-order valence-corrected chi connectivity index (χ0v) is 43.6. The van der Waals surface area contributed by atoms with E-state index in [0.717, 1.165) is 33.4 Å². The molecule has 6 aromatic carbocycles. The Hall–Kier alpha value is -6.66. The number of sulfonamides is 3. The first-order chi connectivity index (χ1) is 35.3. The number of carbonyl (C=O) groups is 3. The molecule has 6 aromatic rings. The van der Waals surface area contributed by atoms with E-state index in [1.807, 2.05) is 30.3 Å². The number of carbonyl (C=O) groups excluding carboxylic acids is 3. The molecule has 396 valence electrons. The molecule has 0 aliphatic heterocycles. The third kappa shape index (κ3) is 19.6. The quantitative estimate of drug-likeness (QED) is 0.0305. The van der Waals surface area contributed by atoms with Crippen molar-refractivity contribution in [2.45, 2.75) is 67.1 Å². The normalized spacial score (nSPS) is 11.3. The van der Waals surface area contributed by atoms with Crippen LogP contribution in [0.5, 0.6) is 0 Å². The highest BCUT2D eigenvalue weighted by atomic mass is 32.2. The van der Waals surface area contributed by atoms with E-state index in [1.165, 1.54) is 38.1 Å². The Morgan fingerprint density at radius 3 is 1.08 bits per heavy atom. The first-order valence-electron chi connectivity index (χ1n) is 23.6. The van der Waals surface area contributed by atoms with Gasteiger partial charge in [0, 0.05) is 75.8 Å². The van der Waals surface area contributed by atoms with Gasteiger partial charge in [-0.25, -0.2) is 39.4 Å². The monoisotopic (exact) mass is 1070 g/mol. The third-order valence-corrected chi connectivity index (χ3v) is 15.1. The SMILES string of the molecule is CC(=O)Nc1ccc(-c2ccc(S(=O)(=O)NCCCCO)cc2)cc1.CC(=O)Nc1ccccc1-c1ccc(S(=O)(=O)NCCCCO)cc1.NC(=O)c1ccc(-c2ccc(S(=O)(=O)NCCCCO)cc2)cc1. The van der Waals surface area contributed by atoms with Gasteiger partial charge in [-0.3, -0.25) is 14.4 Å². The van der Waals surface area contributed by atoms with Crippen LogP contribution in [0.15, 0.2) is 160 Å². The van der Waals surface area contributed by atoms with Gasteiger partial charge in [0.1, 0.15) is 0 Å². The van der Waals surface area contributed by atoms with Gasteiger partial charge < -0.3 is 31.7 Å². The number of nitrogens with two attached hydrogens (primary N) is 1. The maximum absolute atomic E-state index is 12.2. The van der Waals surface area contributed by atoms with Crippen molar-refractivity contribution in [2.24, 2.45) is 5.73 Å². The van der Waals surface area contributed by atoms with E-state index >= 15 is 0 Å². The highest BCUT2D eigenvalue weighted by molar-refractivity contribution is 7.90. The molecule has 21 heteroatoms. The van der Waals surface area contributed by atoms with Gasteiger partial charge >= 0.3 is 0 Å². The molecule has 0 atom stereocenters. The fourth-order valence-electron chi connectivity index (χ4n) is 6.86. The first-order valence-corrected chi connectivity index (χ1v) is 28.0. The molecule has 0 aliphatic rings. The summed E-state index contributed by atoms with van der Waals surface area (Å²) < 4.78 is 80.6. The second-order valence-corrected chi connectivity index (χ2v) is 21.8. The van der Waals surface area contributed by atoms with Crippen LogP contribution in [0.2, 0.25) is 0 Å². The molecular weight excluding hydrogens is 1010 g/mol. The van der Waals surface area contributed by atoms with Gasteiger partial charge in [-0.15, -0.1) is 0 Å². The number of unbranched alkanes of at least 4 members (excludes halogenated alkanes) is 3. The molecule has 74 heavy (non-hydrogen) atoms. The zero-order valence-electron chi connectivity index (χ0n) is 41.2. The number of primary amides is 1. The minimum absolute atomic E-state index is 0.0458. The summed E-state index contributed by atoms with van der Waals surface area (Å²) in [4.78, 5) is 34.0. The molecule has 10 N–H and O–H groups in total. The highest BCUT2D eigenvalue weighted by Crippen LogP contribution is 2.29. The molecule has 18 nitrogen and oxygen atoms in total. The number of anilines is 2. The van der Waals surface area contributed by atoms with E-state index in [9.17, 15) is 39.6 Å². The number of hydrogen-bond acceptors (Lipinski definition) is 12. The maximum Gasteiger partial charge on any atom is 0.248 e. The van der Waals surface area contributed by atoms with Crippen LogP contribution in [0.3, 0.4) is 0 Å². The Kier molecular flexibility index (Phi) is 24.2. The van der Waals surface area contributed by atoms with E-state index in [-0.39, 0.29) is 52.9 Å². The number of aliphatic hydroxyl groups excluding tert-OH is 3. The topological polar surface area (TPSA) is 300 Å². The Balaban J connectivity index is 0.000000240. The lowest BCUT2D eigenvalue weighted by atomic mass is 10.0. The van der Waals surface area contributed by atoms with E-state index in [0.29, 0.717) is 68.6 Å². The molecule has 3 amide bonds. The molecule has 0 bridgehead atoms. The molecule has 0 spiro atoms. The largest absolute Gasteiger partial charge is 0.396 e. The standard InChI is InChI=1S/2C18H22N2O4S.C17H20N2O4S/c1-14(22)20-17-8-4-15(5-9-17)16-6-10-18(11-7-16)25(23,24)19-12-2-3-13-21;1-14(22)20-18-7-3-2-6-17(18)15-8-10-16(11-9-15)25(23,24)19-12-4-5-13-21;18-17(21)15-5-3-13(4-6-15)14-7-9-16(10-8-14)24(22,23)19-11-1-2-12-20/h4-11,19,21H,2-3,12-13H2,1H3,(H,20,22);2-3,6-11,19,21H,4-5,12-13H2,1H3,(H,20,22);3-10,19-20H,1-2,11-12H2,(H2,18,21). The number of amides is 3. The second kappa shape index (κ2) is 29.9. The second-order valence-electron chi connectivity index (χ2n) is 16.5. The molecule has 0 aromatic heterocycles. The summed E-state index contributed by atoms with van der Waals surface area (Å²) >= 11 is 0. The third-order valence-electron chi connectivity index (χ3n) is 10.7. The molecule has 0 saturated carbocycles. The fourth-order valence-corrected chi connectivity index (χ4v) is 10.1. The minimum atomic E-state index is -3.57. The van der Waals surface area contributed by atoms with Crippen LogP contribution in [-0.2, 0) is 39.7 Å². The van der Waals surface area contributed by atoms with Gasteiger partial charge in [0.2, 0.25) is 47.8 Å². The molecule has 0 unspecified atom stereocenters. The molecular formula is C53H64N6O12S3. The summed E-state index contributed by atoms with van der Waals surface area (Å²) in [5, 5.41) is 31.6. The van der Waals surface area contributed by atoms with E-state index in [1.54, 1.807) is 91.0 Å². The summed E-state index contributed by atoms with van der Waals surface area (Å²) in [6.45, 7) is 3.91. The smallest absolute Gasteiger partial charge is 0.248 e. The first kappa shape index (κ1) is 59.9. The Labute approximate surface area is 433 Å². The fraction of sp³-hybridized carbons (Fsp3) is 0.264. The van der Waals surface area contributed by atoms with Crippen molar-refractivity contribution in [2.75, 3.05) is 50.1 Å². The van der Waals surface area contributed by atoms with Crippen LogP contribution in [-0.4, -0.2) is 97.7 Å². The van der Waals surface area contributed by atoms with Crippen LogP contribution in [0.25, 0.3) is 33.4 Å². The van der Waals surface area contributed by atoms with Crippen molar-refractivity contribution in [1.82, 2.24) is 14.2 Å². The van der Waals surface area contributed by atoms with Crippen molar-refractivity contribution < 1.29 is 55.0 Å². The summed E-state index contributed by atoms with van der Waals surface area (Å²) in [7, 11) is -10.7. The predicted molar refractivity (Wildman–Crippen MR) is 287 cm³/mol. The number of benzene rings is 6. The molecule has 0 heterocycles. The van der Waals surface area contributed by atoms with Crippen LogP contribution < -0.4 is 30.5 Å². The van der Waals surface area contributed by atoms with Crippen molar-refractivity contribution in [3.8, 4) is 33.4 Å². The average Bonchev–Trinajstić information content (AvgIpc) is 3.38. The van der Waals surface area contributed by atoms with Crippen LogP contribution >= 0.6 is 0 Å². The number of aliphatic hydroxyl groups is 3. The number of para-hydroxylation sites is 1. The molecule has 0 aliphatic carbocycles. The predicted octanol–water partition coefficient (Wildman–Crippen LogP) is 6.23. The summed E-state index contributed by atoms with van der Waals surface area (Å²) in [5.41, 5.74) is 12.1.